The first kappa shape index (κ1) is 12.5. The fourth-order valence-corrected chi connectivity index (χ4v) is 2.12. The van der Waals surface area contributed by atoms with Crippen LogP contribution in [0.25, 0.3) is 0 Å². The third-order valence-electron chi connectivity index (χ3n) is 3.43. The van der Waals surface area contributed by atoms with Gasteiger partial charge in [0.2, 0.25) is 0 Å². The van der Waals surface area contributed by atoms with Crippen LogP contribution < -0.4 is 0 Å². The van der Waals surface area contributed by atoms with E-state index in [0.29, 0.717) is 5.92 Å². The van der Waals surface area contributed by atoms with Crippen LogP contribution >= 0.6 is 0 Å². The van der Waals surface area contributed by atoms with E-state index in [1.807, 2.05) is 7.05 Å². The monoisotopic (exact) mass is 213 g/mol. The maximum Gasteiger partial charge on any atom is 0.310 e. The first-order chi connectivity index (χ1) is 6.96. The molecule has 0 unspecified atom stereocenters. The maximum absolute atomic E-state index is 11.2. The lowest BCUT2D eigenvalue weighted by Crippen LogP contribution is -2.47. The van der Waals surface area contributed by atoms with Crippen molar-refractivity contribution in [2.75, 3.05) is 20.1 Å². The van der Waals surface area contributed by atoms with Crippen molar-refractivity contribution >= 4 is 5.97 Å². The Morgan fingerprint density at radius 3 is 2.40 bits per heavy atom. The fraction of sp³-hybridized carbons (Fsp3) is 0.917. The molecule has 0 bridgehead atoms. The van der Waals surface area contributed by atoms with E-state index in [1.165, 1.54) is 0 Å². The van der Waals surface area contributed by atoms with E-state index in [9.17, 15) is 9.90 Å². The minimum absolute atomic E-state index is 0.425. The minimum atomic E-state index is -0.606. The molecule has 0 aliphatic heterocycles. The number of carbonyl (C=O) groups is 1. The van der Waals surface area contributed by atoms with E-state index in [-0.39, 0.29) is 0 Å². The van der Waals surface area contributed by atoms with Gasteiger partial charge in [-0.25, -0.2) is 0 Å². The van der Waals surface area contributed by atoms with Crippen LogP contribution in [0, 0.1) is 11.3 Å². The molecule has 1 rings (SSSR count). The maximum atomic E-state index is 11.2. The highest BCUT2D eigenvalue weighted by atomic mass is 16.4. The van der Waals surface area contributed by atoms with Gasteiger partial charge in [0, 0.05) is 6.54 Å². The first-order valence-corrected chi connectivity index (χ1v) is 5.88. The average molecular weight is 213 g/mol. The van der Waals surface area contributed by atoms with Crippen molar-refractivity contribution < 1.29 is 9.90 Å². The lowest BCUT2D eigenvalue weighted by atomic mass is 9.68. The Kier molecular flexibility index (Phi) is 4.14. The minimum Gasteiger partial charge on any atom is -0.481 e. The zero-order chi connectivity index (χ0) is 11.5. The van der Waals surface area contributed by atoms with Crippen molar-refractivity contribution in [2.45, 2.75) is 39.5 Å². The number of hydrogen-bond acceptors (Lipinski definition) is 2. The third-order valence-corrected chi connectivity index (χ3v) is 3.43. The van der Waals surface area contributed by atoms with Gasteiger partial charge in [0.25, 0.3) is 0 Å². The molecule has 0 aromatic rings. The fourth-order valence-electron chi connectivity index (χ4n) is 2.12. The molecule has 15 heavy (non-hydrogen) atoms. The molecule has 0 heterocycles. The molecule has 1 N–H and O–H groups in total. The van der Waals surface area contributed by atoms with Crippen molar-refractivity contribution in [3.8, 4) is 0 Å². The molecular formula is C12H23NO2. The van der Waals surface area contributed by atoms with E-state index >= 15 is 0 Å². The largest absolute Gasteiger partial charge is 0.481 e. The SMILES string of the molecule is CC(C)CCN(C)CC1(C(=O)O)CCC1. The second-order valence-corrected chi connectivity index (χ2v) is 5.36. The van der Waals surface area contributed by atoms with Crippen LogP contribution in [0.1, 0.15) is 39.5 Å². The van der Waals surface area contributed by atoms with Crippen LogP contribution in [-0.2, 0) is 4.79 Å². The summed E-state index contributed by atoms with van der Waals surface area (Å²) >= 11 is 0. The van der Waals surface area contributed by atoms with Crippen molar-refractivity contribution in [2.24, 2.45) is 11.3 Å². The lowest BCUT2D eigenvalue weighted by Gasteiger charge is -2.40. The molecule has 0 aromatic heterocycles. The van der Waals surface area contributed by atoms with E-state index in [2.05, 4.69) is 18.7 Å². The highest BCUT2D eigenvalue weighted by molar-refractivity contribution is 5.76. The van der Waals surface area contributed by atoms with Gasteiger partial charge in [-0.1, -0.05) is 20.3 Å². The second kappa shape index (κ2) is 4.97. The summed E-state index contributed by atoms with van der Waals surface area (Å²) in [5, 5.41) is 9.18. The quantitative estimate of drug-likeness (QED) is 0.735. The van der Waals surface area contributed by atoms with E-state index in [0.717, 1.165) is 38.8 Å². The summed E-state index contributed by atoms with van der Waals surface area (Å²) in [7, 11) is 2.03. The second-order valence-electron chi connectivity index (χ2n) is 5.36. The van der Waals surface area contributed by atoms with Crippen LogP contribution in [0.2, 0.25) is 0 Å². The van der Waals surface area contributed by atoms with Gasteiger partial charge in [-0.3, -0.25) is 4.79 Å². The summed E-state index contributed by atoms with van der Waals surface area (Å²) in [5.74, 6) is 0.0831. The molecule has 0 radical (unpaired) electrons. The van der Waals surface area contributed by atoms with Crippen LogP contribution in [0.5, 0.6) is 0 Å². The van der Waals surface area contributed by atoms with Crippen LogP contribution in [0.4, 0.5) is 0 Å². The van der Waals surface area contributed by atoms with E-state index < -0.39 is 11.4 Å². The molecular weight excluding hydrogens is 190 g/mol. The Labute approximate surface area is 92.5 Å². The predicted molar refractivity (Wildman–Crippen MR) is 60.9 cm³/mol. The Morgan fingerprint density at radius 1 is 1.47 bits per heavy atom. The molecule has 1 fully saturated rings. The number of carboxylic acids is 1. The van der Waals surface area contributed by atoms with E-state index in [1.54, 1.807) is 0 Å². The summed E-state index contributed by atoms with van der Waals surface area (Å²) in [6.45, 7) is 6.12. The molecule has 0 saturated heterocycles. The molecule has 0 spiro atoms. The third kappa shape index (κ3) is 3.20. The number of aliphatic carboxylic acids is 1. The van der Waals surface area contributed by atoms with Gasteiger partial charge < -0.3 is 10.0 Å². The molecule has 3 heteroatoms. The predicted octanol–water partition coefficient (Wildman–Crippen LogP) is 2.22. The number of rotatable bonds is 6. The summed E-state index contributed by atoms with van der Waals surface area (Å²) < 4.78 is 0. The zero-order valence-electron chi connectivity index (χ0n) is 10.1. The van der Waals surface area contributed by atoms with Crippen LogP contribution in [-0.4, -0.2) is 36.1 Å². The molecule has 0 atom stereocenters. The highest BCUT2D eigenvalue weighted by Gasteiger charge is 2.44. The lowest BCUT2D eigenvalue weighted by molar-refractivity contribution is -0.156. The number of carboxylic acid groups (broad SMARTS) is 1. The van der Waals surface area contributed by atoms with Gasteiger partial charge >= 0.3 is 5.97 Å². The van der Waals surface area contributed by atoms with Crippen molar-refractivity contribution in [1.82, 2.24) is 4.90 Å². The van der Waals surface area contributed by atoms with Crippen LogP contribution in [0.15, 0.2) is 0 Å². The molecule has 0 amide bonds. The molecule has 3 nitrogen and oxygen atoms in total. The van der Waals surface area contributed by atoms with E-state index in [4.69, 9.17) is 0 Å². The van der Waals surface area contributed by atoms with Gasteiger partial charge in [-0.15, -0.1) is 0 Å². The summed E-state index contributed by atoms with van der Waals surface area (Å²) in [4.78, 5) is 13.3. The topological polar surface area (TPSA) is 40.5 Å². The summed E-state index contributed by atoms with van der Waals surface area (Å²) in [5.41, 5.74) is -0.425. The van der Waals surface area contributed by atoms with Gasteiger partial charge in [0.1, 0.15) is 0 Å². The zero-order valence-corrected chi connectivity index (χ0v) is 10.1. The van der Waals surface area contributed by atoms with Crippen molar-refractivity contribution in [3.63, 3.8) is 0 Å². The smallest absolute Gasteiger partial charge is 0.310 e. The molecule has 1 saturated carbocycles. The summed E-state index contributed by atoms with van der Waals surface area (Å²) in [6.07, 6.45) is 3.93. The summed E-state index contributed by atoms with van der Waals surface area (Å²) in [6, 6.07) is 0. The van der Waals surface area contributed by atoms with Crippen LogP contribution in [0.3, 0.4) is 0 Å². The van der Waals surface area contributed by atoms with Gasteiger partial charge in [0.15, 0.2) is 0 Å². The Bertz CT molecular complexity index is 222. The highest BCUT2D eigenvalue weighted by Crippen LogP contribution is 2.41. The van der Waals surface area contributed by atoms with Gasteiger partial charge in [-0.2, -0.15) is 0 Å². The number of nitrogens with zero attached hydrogens (tertiary/aromatic N) is 1. The first-order valence-electron chi connectivity index (χ1n) is 5.88. The Balaban J connectivity index is 2.35. The Hall–Kier alpha value is -0.570. The van der Waals surface area contributed by atoms with Gasteiger partial charge in [-0.05, 0) is 38.8 Å². The van der Waals surface area contributed by atoms with Crippen molar-refractivity contribution in [1.29, 1.82) is 0 Å². The average Bonchev–Trinajstić information content (AvgIpc) is 2.07. The standard InChI is InChI=1S/C12H23NO2/c1-10(2)5-8-13(3)9-12(11(14)15)6-4-7-12/h10H,4-9H2,1-3H3,(H,14,15). The molecule has 0 aromatic carbocycles. The van der Waals surface area contributed by atoms with Gasteiger partial charge in [0.05, 0.1) is 5.41 Å². The Morgan fingerprint density at radius 2 is 2.07 bits per heavy atom. The molecule has 88 valence electrons. The van der Waals surface area contributed by atoms with Crippen molar-refractivity contribution in [3.05, 3.63) is 0 Å². The molecule has 1 aliphatic carbocycles. The normalized spacial score (nSPS) is 19.3. The molecule has 1 aliphatic rings. The number of hydrogen-bond donors (Lipinski definition) is 1.